The van der Waals surface area contributed by atoms with Crippen LogP contribution >= 0.6 is 0 Å². The zero-order valence-electron chi connectivity index (χ0n) is 12.5. The summed E-state index contributed by atoms with van der Waals surface area (Å²) in [5, 5.41) is 6.17. The van der Waals surface area contributed by atoms with Gasteiger partial charge < -0.3 is 15.4 Å². The van der Waals surface area contributed by atoms with Crippen molar-refractivity contribution in [3.8, 4) is 6.01 Å². The third kappa shape index (κ3) is 5.28. The first-order valence-corrected chi connectivity index (χ1v) is 6.93. The van der Waals surface area contributed by atoms with Crippen LogP contribution in [0.5, 0.6) is 6.01 Å². The second-order valence-electron chi connectivity index (χ2n) is 4.75. The molecule has 1 aromatic heterocycles. The van der Waals surface area contributed by atoms with Crippen molar-refractivity contribution in [1.29, 1.82) is 0 Å². The molecule has 0 saturated carbocycles. The predicted octanol–water partition coefficient (Wildman–Crippen LogP) is 2.55. The Balaban J connectivity index is 2.75. The fourth-order valence-corrected chi connectivity index (χ4v) is 1.62. The summed E-state index contributed by atoms with van der Waals surface area (Å²) in [6, 6.07) is 0.349. The molecule has 0 aliphatic heterocycles. The second-order valence-corrected chi connectivity index (χ2v) is 4.75. The highest BCUT2D eigenvalue weighted by molar-refractivity contribution is 5.35. The van der Waals surface area contributed by atoms with Gasteiger partial charge in [0.25, 0.3) is 0 Å². The minimum absolute atomic E-state index is 0.0407. The van der Waals surface area contributed by atoms with Gasteiger partial charge in [-0.15, -0.1) is 0 Å². The molecular formula is C13H25N5O. The molecule has 0 aliphatic rings. The van der Waals surface area contributed by atoms with Crippen LogP contribution < -0.4 is 15.4 Å². The van der Waals surface area contributed by atoms with Crippen molar-refractivity contribution in [3.63, 3.8) is 0 Å². The molecule has 1 aromatic rings. The summed E-state index contributed by atoms with van der Waals surface area (Å²) in [4.78, 5) is 12.7. The number of aromatic nitrogens is 3. The van der Waals surface area contributed by atoms with Crippen LogP contribution in [0.2, 0.25) is 0 Å². The maximum Gasteiger partial charge on any atom is 0.323 e. The molecule has 0 atom stereocenters. The molecule has 6 nitrogen and oxygen atoms in total. The van der Waals surface area contributed by atoms with Gasteiger partial charge in [-0.1, -0.05) is 26.7 Å². The van der Waals surface area contributed by atoms with E-state index in [1.165, 1.54) is 0 Å². The number of ether oxygens (including phenoxy) is 1. The molecule has 6 heteroatoms. The summed E-state index contributed by atoms with van der Waals surface area (Å²) in [5.74, 6) is 1.70. The number of hydrogen-bond acceptors (Lipinski definition) is 6. The van der Waals surface area contributed by atoms with Gasteiger partial charge in [-0.3, -0.25) is 0 Å². The van der Waals surface area contributed by atoms with Gasteiger partial charge in [-0.25, -0.2) is 0 Å². The summed E-state index contributed by atoms with van der Waals surface area (Å²) in [6.45, 7) is 9.13. The summed E-state index contributed by atoms with van der Waals surface area (Å²) >= 11 is 0. The molecule has 0 radical (unpaired) electrons. The van der Waals surface area contributed by atoms with Gasteiger partial charge in [0.2, 0.25) is 11.9 Å². The fraction of sp³-hybridized carbons (Fsp3) is 0.769. The monoisotopic (exact) mass is 267 g/mol. The first-order valence-electron chi connectivity index (χ1n) is 6.93. The second kappa shape index (κ2) is 7.76. The smallest absolute Gasteiger partial charge is 0.323 e. The fourth-order valence-electron chi connectivity index (χ4n) is 1.62. The number of nitrogens with one attached hydrogen (secondary N) is 2. The Bertz CT molecular complexity index is 379. The van der Waals surface area contributed by atoms with Crippen molar-refractivity contribution in [1.82, 2.24) is 15.0 Å². The van der Waals surface area contributed by atoms with Crippen LogP contribution in [0.3, 0.4) is 0 Å². The normalized spacial score (nSPS) is 10.9. The van der Waals surface area contributed by atoms with E-state index in [2.05, 4.69) is 39.4 Å². The van der Waals surface area contributed by atoms with Crippen molar-refractivity contribution in [3.05, 3.63) is 0 Å². The molecule has 1 rings (SSSR count). The summed E-state index contributed by atoms with van der Waals surface area (Å²) < 4.78 is 5.51. The van der Waals surface area contributed by atoms with Crippen molar-refractivity contribution < 1.29 is 4.74 Å². The van der Waals surface area contributed by atoms with E-state index >= 15 is 0 Å². The molecule has 2 N–H and O–H groups in total. The Kier molecular flexibility index (Phi) is 6.32. The highest BCUT2D eigenvalue weighted by Crippen LogP contribution is 2.14. The molecule has 0 saturated heterocycles. The Labute approximate surface area is 115 Å². The minimum atomic E-state index is 0.0407. The molecule has 19 heavy (non-hydrogen) atoms. The van der Waals surface area contributed by atoms with E-state index in [1.54, 1.807) is 7.05 Å². The van der Waals surface area contributed by atoms with Gasteiger partial charge >= 0.3 is 6.01 Å². The minimum Gasteiger partial charge on any atom is -0.461 e. The van der Waals surface area contributed by atoms with Crippen molar-refractivity contribution in [2.45, 2.75) is 46.6 Å². The highest BCUT2D eigenvalue weighted by Gasteiger charge is 2.09. The third-order valence-electron chi connectivity index (χ3n) is 2.88. The third-order valence-corrected chi connectivity index (χ3v) is 2.88. The van der Waals surface area contributed by atoms with Crippen molar-refractivity contribution in [2.75, 3.05) is 24.2 Å². The van der Waals surface area contributed by atoms with Crippen LogP contribution in [-0.2, 0) is 0 Å². The molecule has 0 spiro atoms. The van der Waals surface area contributed by atoms with E-state index < -0.39 is 0 Å². The largest absolute Gasteiger partial charge is 0.461 e. The standard InChI is InChI=1S/C13H25N5O/c1-6-10(7-2)8-15-12-16-11(14-5)17-13(18-12)19-9(3)4/h9-10H,6-8H2,1-5H3,(H2,14,15,16,17,18). The average molecular weight is 267 g/mol. The maximum atomic E-state index is 5.51. The number of rotatable bonds is 8. The van der Waals surface area contributed by atoms with Crippen LogP contribution in [0.15, 0.2) is 0 Å². The number of anilines is 2. The maximum absolute atomic E-state index is 5.51. The summed E-state index contributed by atoms with van der Waals surface area (Å²) in [6.07, 6.45) is 2.32. The topological polar surface area (TPSA) is 72.0 Å². The van der Waals surface area contributed by atoms with Gasteiger partial charge in [0, 0.05) is 13.6 Å². The van der Waals surface area contributed by atoms with Crippen LogP contribution in [0.1, 0.15) is 40.5 Å². The molecule has 0 fully saturated rings. The lowest BCUT2D eigenvalue weighted by molar-refractivity contribution is 0.222. The van der Waals surface area contributed by atoms with E-state index in [1.807, 2.05) is 13.8 Å². The van der Waals surface area contributed by atoms with Crippen molar-refractivity contribution in [2.24, 2.45) is 5.92 Å². The first-order chi connectivity index (χ1) is 9.08. The molecule has 0 aliphatic carbocycles. The number of nitrogens with zero attached hydrogens (tertiary/aromatic N) is 3. The van der Waals surface area contributed by atoms with Gasteiger partial charge in [-0.2, -0.15) is 15.0 Å². The van der Waals surface area contributed by atoms with Crippen LogP contribution in [0.25, 0.3) is 0 Å². The van der Waals surface area contributed by atoms with E-state index in [9.17, 15) is 0 Å². The molecule has 108 valence electrons. The Morgan fingerprint density at radius 3 is 2.21 bits per heavy atom. The Hall–Kier alpha value is -1.59. The van der Waals surface area contributed by atoms with Crippen LogP contribution in [-0.4, -0.2) is 34.6 Å². The van der Waals surface area contributed by atoms with Crippen LogP contribution in [0, 0.1) is 5.92 Å². The summed E-state index contributed by atoms with van der Waals surface area (Å²) in [5.41, 5.74) is 0. The van der Waals surface area contributed by atoms with E-state index in [0.29, 0.717) is 23.8 Å². The quantitative estimate of drug-likeness (QED) is 0.754. The van der Waals surface area contributed by atoms with Gasteiger partial charge in [0.05, 0.1) is 6.10 Å². The summed E-state index contributed by atoms with van der Waals surface area (Å²) in [7, 11) is 1.78. The zero-order valence-corrected chi connectivity index (χ0v) is 12.5. The van der Waals surface area contributed by atoms with Crippen LogP contribution in [0.4, 0.5) is 11.9 Å². The molecular weight excluding hydrogens is 242 g/mol. The number of hydrogen-bond donors (Lipinski definition) is 2. The molecule has 0 aromatic carbocycles. The van der Waals surface area contributed by atoms with E-state index in [-0.39, 0.29) is 6.10 Å². The van der Waals surface area contributed by atoms with E-state index in [4.69, 9.17) is 4.74 Å². The van der Waals surface area contributed by atoms with Crippen molar-refractivity contribution >= 4 is 11.9 Å². The lowest BCUT2D eigenvalue weighted by Gasteiger charge is -2.14. The molecule has 1 heterocycles. The molecule has 0 unspecified atom stereocenters. The predicted molar refractivity (Wildman–Crippen MR) is 77.7 cm³/mol. The Morgan fingerprint density at radius 1 is 1.05 bits per heavy atom. The van der Waals surface area contributed by atoms with Gasteiger partial charge in [0.15, 0.2) is 0 Å². The SMILES string of the molecule is CCC(CC)CNc1nc(NC)nc(OC(C)C)n1. The zero-order chi connectivity index (χ0) is 14.3. The van der Waals surface area contributed by atoms with Gasteiger partial charge in [-0.05, 0) is 19.8 Å². The lowest BCUT2D eigenvalue weighted by Crippen LogP contribution is -2.17. The first kappa shape index (κ1) is 15.5. The van der Waals surface area contributed by atoms with E-state index in [0.717, 1.165) is 19.4 Å². The lowest BCUT2D eigenvalue weighted by atomic mass is 10.0. The molecule has 0 bridgehead atoms. The highest BCUT2D eigenvalue weighted by atomic mass is 16.5. The average Bonchev–Trinajstić information content (AvgIpc) is 2.38. The Morgan fingerprint density at radius 2 is 1.68 bits per heavy atom. The molecule has 0 amide bonds. The van der Waals surface area contributed by atoms with Gasteiger partial charge in [0.1, 0.15) is 0 Å².